The Morgan fingerprint density at radius 2 is 1.41 bits per heavy atom. The van der Waals surface area contributed by atoms with Gasteiger partial charge in [-0.3, -0.25) is 4.79 Å². The molecule has 29 heavy (non-hydrogen) atoms. The van der Waals surface area contributed by atoms with Crippen LogP contribution in [0.5, 0.6) is 28.7 Å². The van der Waals surface area contributed by atoms with E-state index in [0.29, 0.717) is 22.9 Å². The summed E-state index contributed by atoms with van der Waals surface area (Å²) in [5.74, 6) is 1.75. The number of allylic oxidation sites excluding steroid dienone is 1. The van der Waals surface area contributed by atoms with Crippen molar-refractivity contribution in [2.75, 3.05) is 33.8 Å². The van der Waals surface area contributed by atoms with Crippen LogP contribution in [0.25, 0.3) is 12.2 Å². The van der Waals surface area contributed by atoms with Crippen molar-refractivity contribution in [3.63, 3.8) is 0 Å². The lowest BCUT2D eigenvalue weighted by Gasteiger charge is -2.13. The summed E-state index contributed by atoms with van der Waals surface area (Å²) in [6, 6.07) is 7.00. The van der Waals surface area contributed by atoms with Crippen LogP contribution in [0.15, 0.2) is 36.5 Å². The number of phenolic OH excluding ortho intramolecular Hbond substituents is 1. The first kappa shape index (κ1) is 21.7. The van der Waals surface area contributed by atoms with Crippen molar-refractivity contribution in [1.29, 1.82) is 0 Å². The van der Waals surface area contributed by atoms with Crippen molar-refractivity contribution in [1.82, 2.24) is 0 Å². The van der Waals surface area contributed by atoms with Crippen LogP contribution in [0, 0.1) is 0 Å². The quantitative estimate of drug-likeness (QED) is 0.485. The van der Waals surface area contributed by atoms with Gasteiger partial charge in [0.2, 0.25) is 5.75 Å². The molecule has 154 valence electrons. The molecule has 0 aliphatic rings. The van der Waals surface area contributed by atoms with Crippen LogP contribution >= 0.6 is 0 Å². The number of carbonyl (C=O) groups is 1. The number of benzene rings is 2. The molecule has 7 heteroatoms. The van der Waals surface area contributed by atoms with Gasteiger partial charge < -0.3 is 29.4 Å². The second-order valence-electron chi connectivity index (χ2n) is 6.00. The van der Waals surface area contributed by atoms with Gasteiger partial charge in [0.05, 0.1) is 34.1 Å². The fourth-order valence-corrected chi connectivity index (χ4v) is 2.69. The van der Waals surface area contributed by atoms with Gasteiger partial charge >= 0.3 is 0 Å². The second-order valence-corrected chi connectivity index (χ2v) is 6.00. The van der Waals surface area contributed by atoms with E-state index in [4.69, 9.17) is 18.9 Å². The number of hydrogen-bond donors (Lipinski definition) is 2. The topological polar surface area (TPSA) is 86.2 Å². The Hall–Kier alpha value is -3.61. The summed E-state index contributed by atoms with van der Waals surface area (Å²) in [6.07, 6.45) is 6.54. The molecular weight excluding hydrogens is 374 g/mol. The van der Waals surface area contributed by atoms with Crippen LogP contribution in [0.4, 0.5) is 5.69 Å². The highest BCUT2D eigenvalue weighted by Crippen LogP contribution is 2.39. The van der Waals surface area contributed by atoms with Gasteiger partial charge in [-0.05, 0) is 48.4 Å². The van der Waals surface area contributed by atoms with E-state index in [-0.39, 0.29) is 17.3 Å². The zero-order chi connectivity index (χ0) is 21.4. The molecular formula is C22H25NO6. The van der Waals surface area contributed by atoms with E-state index in [0.717, 1.165) is 11.1 Å². The van der Waals surface area contributed by atoms with Crippen LogP contribution in [0.2, 0.25) is 0 Å². The monoisotopic (exact) mass is 399 g/mol. The number of hydrogen-bond acceptors (Lipinski definition) is 7. The van der Waals surface area contributed by atoms with E-state index in [1.54, 1.807) is 33.5 Å². The molecule has 2 aromatic carbocycles. The molecule has 0 bridgehead atoms. The molecule has 2 rings (SSSR count). The summed E-state index contributed by atoms with van der Waals surface area (Å²) in [5, 5.41) is 13.2. The van der Waals surface area contributed by atoms with E-state index in [9.17, 15) is 9.90 Å². The summed E-state index contributed by atoms with van der Waals surface area (Å²) in [4.78, 5) is 11.1. The number of anilines is 1. The van der Waals surface area contributed by atoms with E-state index in [1.807, 2.05) is 24.3 Å². The van der Waals surface area contributed by atoms with Gasteiger partial charge in [0.15, 0.2) is 28.8 Å². The van der Waals surface area contributed by atoms with Crippen molar-refractivity contribution in [3.05, 3.63) is 47.7 Å². The summed E-state index contributed by atoms with van der Waals surface area (Å²) < 4.78 is 21.3. The molecule has 0 atom stereocenters. The van der Waals surface area contributed by atoms with Gasteiger partial charge in [-0.1, -0.05) is 12.2 Å². The number of nitrogens with one attached hydrogen (secondary N) is 1. The maximum absolute atomic E-state index is 11.1. The van der Waals surface area contributed by atoms with Crippen LogP contribution in [0.1, 0.15) is 18.1 Å². The Morgan fingerprint density at radius 1 is 0.862 bits per heavy atom. The molecule has 2 N–H and O–H groups in total. The fourth-order valence-electron chi connectivity index (χ4n) is 2.69. The zero-order valence-electron chi connectivity index (χ0n) is 17.1. The van der Waals surface area contributed by atoms with Gasteiger partial charge in [-0.25, -0.2) is 0 Å². The minimum absolute atomic E-state index is 0.0294. The zero-order valence-corrected chi connectivity index (χ0v) is 17.1. The summed E-state index contributed by atoms with van der Waals surface area (Å²) in [6.45, 7) is 1.45. The largest absolute Gasteiger partial charge is 0.504 e. The Bertz CT molecular complexity index is 908. The van der Waals surface area contributed by atoms with Crippen molar-refractivity contribution < 1.29 is 28.8 Å². The van der Waals surface area contributed by atoms with Gasteiger partial charge in [0.1, 0.15) is 0 Å². The lowest BCUT2D eigenvalue weighted by atomic mass is 10.1. The number of ketones is 1. The van der Waals surface area contributed by atoms with Crippen molar-refractivity contribution in [2.45, 2.75) is 6.92 Å². The van der Waals surface area contributed by atoms with E-state index < -0.39 is 0 Å². The highest BCUT2D eigenvalue weighted by Gasteiger charge is 2.13. The van der Waals surface area contributed by atoms with Crippen LogP contribution in [0.3, 0.4) is 0 Å². The Morgan fingerprint density at radius 3 is 1.90 bits per heavy atom. The third kappa shape index (κ3) is 5.44. The fraction of sp³-hybridized carbons (Fsp3) is 0.227. The number of methoxy groups -OCH3 is 4. The molecule has 0 radical (unpaired) electrons. The molecule has 0 saturated carbocycles. The van der Waals surface area contributed by atoms with Crippen LogP contribution in [-0.2, 0) is 4.79 Å². The third-order valence-corrected chi connectivity index (χ3v) is 4.01. The predicted octanol–water partition coefficient (Wildman–Crippen LogP) is 4.11. The van der Waals surface area contributed by atoms with E-state index in [1.165, 1.54) is 26.3 Å². The highest BCUT2D eigenvalue weighted by atomic mass is 16.5. The number of ether oxygens (including phenoxy) is 4. The standard InChI is InChI=1S/C22H25NO6/c1-14(24)8-9-23-17-10-15(11-18(25)21(17)28-4)6-7-16-12-19(26-2)22(29-5)20(13-16)27-3/h6-13,23,25H,1-5H3/b7-6-,9-8-. The van der Waals surface area contributed by atoms with Crippen molar-refractivity contribution in [2.24, 2.45) is 0 Å². The maximum atomic E-state index is 11.1. The van der Waals surface area contributed by atoms with Gasteiger partial charge in [0, 0.05) is 6.20 Å². The van der Waals surface area contributed by atoms with Crippen molar-refractivity contribution in [3.8, 4) is 28.7 Å². The van der Waals surface area contributed by atoms with Gasteiger partial charge in [-0.15, -0.1) is 0 Å². The highest BCUT2D eigenvalue weighted by molar-refractivity contribution is 5.87. The Balaban J connectivity index is 2.39. The van der Waals surface area contributed by atoms with E-state index in [2.05, 4.69) is 5.32 Å². The molecule has 0 amide bonds. The average Bonchev–Trinajstić information content (AvgIpc) is 2.70. The number of carbonyl (C=O) groups excluding carboxylic acids is 1. The van der Waals surface area contributed by atoms with Gasteiger partial charge in [0.25, 0.3) is 0 Å². The molecule has 0 aliphatic heterocycles. The summed E-state index contributed by atoms with van der Waals surface area (Å²) in [7, 11) is 6.11. The molecule has 0 heterocycles. The first-order valence-corrected chi connectivity index (χ1v) is 8.76. The van der Waals surface area contributed by atoms with Crippen molar-refractivity contribution >= 4 is 23.6 Å². The molecule has 0 fully saturated rings. The third-order valence-electron chi connectivity index (χ3n) is 4.01. The summed E-state index contributed by atoms with van der Waals surface area (Å²) in [5.41, 5.74) is 2.06. The maximum Gasteiger partial charge on any atom is 0.203 e. The second kappa shape index (κ2) is 10.1. The van der Waals surface area contributed by atoms with Gasteiger partial charge in [-0.2, -0.15) is 0 Å². The number of aromatic hydroxyl groups is 1. The SMILES string of the molecule is COc1cc(/C=C\c2cc(O)c(OC)c(N/C=C\C(C)=O)c2)cc(OC)c1OC. The number of phenols is 1. The van der Waals surface area contributed by atoms with E-state index >= 15 is 0 Å². The average molecular weight is 399 g/mol. The smallest absolute Gasteiger partial charge is 0.203 e. The first-order valence-electron chi connectivity index (χ1n) is 8.76. The van der Waals surface area contributed by atoms with Crippen LogP contribution < -0.4 is 24.3 Å². The molecule has 2 aromatic rings. The minimum atomic E-state index is -0.0980. The molecule has 0 aliphatic carbocycles. The first-order chi connectivity index (χ1) is 13.9. The lowest BCUT2D eigenvalue weighted by Crippen LogP contribution is -1.96. The lowest BCUT2D eigenvalue weighted by molar-refractivity contribution is -0.112. The Labute approximate surface area is 170 Å². The predicted molar refractivity (Wildman–Crippen MR) is 113 cm³/mol. The molecule has 0 saturated heterocycles. The van der Waals surface area contributed by atoms with Crippen LogP contribution in [-0.4, -0.2) is 39.3 Å². The number of rotatable bonds is 9. The molecule has 0 spiro atoms. The normalized spacial score (nSPS) is 10.9. The molecule has 0 aromatic heterocycles. The molecule has 0 unspecified atom stereocenters. The Kier molecular flexibility index (Phi) is 7.54. The summed E-state index contributed by atoms with van der Waals surface area (Å²) >= 11 is 0. The minimum Gasteiger partial charge on any atom is -0.504 e. The molecule has 7 nitrogen and oxygen atoms in total.